The quantitative estimate of drug-likeness (QED) is 0.336. The summed E-state index contributed by atoms with van der Waals surface area (Å²) in [5, 5.41) is 0.110. The number of Topliss-reactive ketones (excluding diaryl/α,β-unsaturated/α-hetero) is 1. The Morgan fingerprint density at radius 3 is 2.29 bits per heavy atom. The molecule has 2 nitrogen and oxygen atoms in total. The van der Waals surface area contributed by atoms with Crippen LogP contribution in [0, 0.1) is 11.8 Å². The number of carbonyl (C=O) groups excluding carboxylic acids is 1. The van der Waals surface area contributed by atoms with E-state index in [1.54, 1.807) is 0 Å². The summed E-state index contributed by atoms with van der Waals surface area (Å²) >= 11 is 0. The van der Waals surface area contributed by atoms with E-state index in [0.29, 0.717) is 13.0 Å². The molecule has 0 bridgehead atoms. The van der Waals surface area contributed by atoms with Gasteiger partial charge < -0.3 is 4.43 Å². The average molecular weight is 262 g/mol. The van der Waals surface area contributed by atoms with E-state index in [0.717, 1.165) is 0 Å². The monoisotopic (exact) mass is 262 g/mol. The van der Waals surface area contributed by atoms with Gasteiger partial charge in [-0.1, -0.05) is 26.7 Å². The van der Waals surface area contributed by atoms with Crippen LogP contribution < -0.4 is 0 Å². The fraction of sp³-hybridized carbons (Fsp3) is 0.750. The number of carbonyl (C=O) groups is 1. The minimum atomic E-state index is -3.00. The summed E-state index contributed by atoms with van der Waals surface area (Å²) in [6.07, 6.45) is -2.69. The lowest BCUT2D eigenvalue weighted by Gasteiger charge is -2.35. The highest BCUT2D eigenvalue weighted by molar-refractivity contribution is 6.74. The summed E-state index contributed by atoms with van der Waals surface area (Å²) in [5.74, 6) is 2.99. The first kappa shape index (κ1) is 16.3. The van der Waals surface area contributed by atoms with Crippen LogP contribution in [-0.4, -0.2) is 27.1 Å². The van der Waals surface area contributed by atoms with E-state index in [2.05, 4.69) is 39.8 Å². The minimum Gasteiger partial charge on any atom is -0.416 e. The van der Waals surface area contributed by atoms with Crippen molar-refractivity contribution in [1.82, 2.24) is 0 Å². The van der Waals surface area contributed by atoms with Crippen LogP contribution in [0.15, 0.2) is 0 Å². The van der Waals surface area contributed by atoms with Crippen molar-refractivity contribution in [2.45, 2.75) is 51.7 Å². The Bertz CT molecular complexity index is 322. The van der Waals surface area contributed by atoms with Gasteiger partial charge in [-0.15, -0.1) is 0 Å². The molecule has 0 fully saturated rings. The summed E-state index contributed by atoms with van der Waals surface area (Å²) in [6, 6.07) is 0. The van der Waals surface area contributed by atoms with Crippen LogP contribution in [0.2, 0.25) is 18.1 Å². The molecule has 0 aromatic carbocycles. The lowest BCUT2D eigenvalue weighted by atomic mass is 10.2. The number of alkyl halides is 2. The largest absolute Gasteiger partial charge is 0.416 e. The number of hydrogen-bond donors (Lipinski definition) is 0. The highest BCUT2D eigenvalue weighted by atomic mass is 28.4. The predicted octanol–water partition coefficient (Wildman–Crippen LogP) is 3.24. The Morgan fingerprint density at radius 1 is 1.35 bits per heavy atom. The Hall–Kier alpha value is -0.733. The topological polar surface area (TPSA) is 26.3 Å². The van der Waals surface area contributed by atoms with Gasteiger partial charge in [-0.05, 0) is 24.1 Å². The zero-order chi connectivity index (χ0) is 13.7. The molecule has 0 N–H and O–H groups in total. The van der Waals surface area contributed by atoms with Gasteiger partial charge in [0.05, 0.1) is 0 Å². The van der Waals surface area contributed by atoms with Gasteiger partial charge in [-0.25, -0.2) is 8.78 Å². The molecule has 0 unspecified atom stereocenters. The molecule has 0 saturated heterocycles. The second kappa shape index (κ2) is 6.27. The molecule has 0 aliphatic rings. The third kappa shape index (κ3) is 5.94. The second-order valence-corrected chi connectivity index (χ2v) is 10.1. The van der Waals surface area contributed by atoms with Gasteiger partial charge in [-0.2, -0.15) is 0 Å². The fourth-order valence-electron chi connectivity index (χ4n) is 0.778. The lowest BCUT2D eigenvalue weighted by Crippen LogP contribution is -2.40. The molecule has 17 heavy (non-hydrogen) atoms. The average Bonchev–Trinajstić information content (AvgIpc) is 2.14. The maximum absolute atomic E-state index is 11.8. The molecular formula is C12H20F2O2Si. The van der Waals surface area contributed by atoms with Crippen LogP contribution in [-0.2, 0) is 9.22 Å². The molecule has 0 aliphatic carbocycles. The first-order valence-electron chi connectivity index (χ1n) is 5.53. The Balaban J connectivity index is 4.06. The number of hydrogen-bond acceptors (Lipinski definition) is 2. The summed E-state index contributed by atoms with van der Waals surface area (Å²) in [4.78, 5) is 10.5. The standard InChI is InChI=1S/C12H20F2O2Si/c1-12(2,3)17(4,5)16-9-7-6-8-10(15)11(13)14/h11H,7,9H2,1-5H3. The molecule has 0 atom stereocenters. The first-order chi connectivity index (χ1) is 7.58. The Morgan fingerprint density at radius 2 is 1.88 bits per heavy atom. The van der Waals surface area contributed by atoms with Gasteiger partial charge in [-0.3, -0.25) is 4.79 Å². The van der Waals surface area contributed by atoms with E-state index in [9.17, 15) is 13.6 Å². The number of ketones is 1. The van der Waals surface area contributed by atoms with Crippen molar-refractivity contribution in [3.8, 4) is 11.8 Å². The molecule has 0 amide bonds. The number of rotatable bonds is 4. The third-order valence-electron chi connectivity index (χ3n) is 2.91. The van der Waals surface area contributed by atoms with E-state index >= 15 is 0 Å². The summed E-state index contributed by atoms with van der Waals surface area (Å²) in [5.41, 5.74) is 0. The Labute approximate surface area is 103 Å². The van der Waals surface area contributed by atoms with Gasteiger partial charge in [0.25, 0.3) is 5.78 Å². The van der Waals surface area contributed by atoms with Crippen LogP contribution in [0.4, 0.5) is 8.78 Å². The summed E-state index contributed by atoms with van der Waals surface area (Å²) < 4.78 is 29.4. The molecule has 0 aromatic heterocycles. The van der Waals surface area contributed by atoms with Crippen molar-refractivity contribution in [1.29, 1.82) is 0 Å². The minimum absolute atomic E-state index is 0.110. The van der Waals surface area contributed by atoms with E-state index in [1.165, 1.54) is 0 Å². The highest BCUT2D eigenvalue weighted by Gasteiger charge is 2.36. The van der Waals surface area contributed by atoms with Crippen molar-refractivity contribution in [2.24, 2.45) is 0 Å². The molecule has 0 heterocycles. The fourth-order valence-corrected chi connectivity index (χ4v) is 1.82. The molecule has 0 radical (unpaired) electrons. The summed E-state index contributed by atoms with van der Waals surface area (Å²) in [7, 11) is -1.80. The third-order valence-corrected chi connectivity index (χ3v) is 7.44. The van der Waals surface area contributed by atoms with Crippen molar-refractivity contribution in [3.63, 3.8) is 0 Å². The van der Waals surface area contributed by atoms with E-state index in [1.807, 2.05) is 5.92 Å². The lowest BCUT2D eigenvalue weighted by molar-refractivity contribution is -0.123. The van der Waals surface area contributed by atoms with Crippen molar-refractivity contribution in [2.75, 3.05) is 6.61 Å². The van der Waals surface area contributed by atoms with Crippen molar-refractivity contribution in [3.05, 3.63) is 0 Å². The van der Waals surface area contributed by atoms with Crippen LogP contribution in [0.3, 0.4) is 0 Å². The van der Waals surface area contributed by atoms with Gasteiger partial charge in [0, 0.05) is 13.0 Å². The molecule has 0 aromatic rings. The zero-order valence-corrected chi connectivity index (χ0v) is 12.1. The second-order valence-electron chi connectivity index (χ2n) is 5.33. The molecular weight excluding hydrogens is 242 g/mol. The SMILES string of the molecule is CC(C)(C)[Si](C)(C)OCCC#CC(=O)C(F)F. The van der Waals surface area contributed by atoms with E-state index in [4.69, 9.17) is 4.43 Å². The molecule has 0 saturated carbocycles. The molecule has 0 rings (SSSR count). The van der Waals surface area contributed by atoms with E-state index in [-0.39, 0.29) is 5.04 Å². The molecule has 0 spiro atoms. The number of halogens is 2. The van der Waals surface area contributed by atoms with Crippen LogP contribution in [0.25, 0.3) is 0 Å². The van der Waals surface area contributed by atoms with Gasteiger partial charge >= 0.3 is 6.43 Å². The van der Waals surface area contributed by atoms with Crippen LogP contribution in [0.1, 0.15) is 27.2 Å². The summed E-state index contributed by atoms with van der Waals surface area (Å²) in [6.45, 7) is 10.9. The first-order valence-corrected chi connectivity index (χ1v) is 8.43. The highest BCUT2D eigenvalue weighted by Crippen LogP contribution is 2.36. The van der Waals surface area contributed by atoms with Crippen LogP contribution >= 0.6 is 0 Å². The predicted molar refractivity (Wildman–Crippen MR) is 66.6 cm³/mol. The normalized spacial score (nSPS) is 12.2. The Kier molecular flexibility index (Phi) is 6.00. The van der Waals surface area contributed by atoms with Gasteiger partial charge in [0.1, 0.15) is 0 Å². The van der Waals surface area contributed by atoms with Crippen molar-refractivity contribution >= 4 is 14.1 Å². The van der Waals surface area contributed by atoms with Gasteiger partial charge in [0.15, 0.2) is 8.32 Å². The van der Waals surface area contributed by atoms with Gasteiger partial charge in [0.2, 0.25) is 0 Å². The maximum atomic E-state index is 11.8. The van der Waals surface area contributed by atoms with Crippen molar-refractivity contribution < 1.29 is 18.0 Å². The zero-order valence-electron chi connectivity index (χ0n) is 11.1. The maximum Gasteiger partial charge on any atom is 0.308 e. The molecule has 98 valence electrons. The molecule has 0 aliphatic heterocycles. The smallest absolute Gasteiger partial charge is 0.308 e. The molecule has 5 heteroatoms. The van der Waals surface area contributed by atoms with E-state index < -0.39 is 20.5 Å². The van der Waals surface area contributed by atoms with Crippen LogP contribution in [0.5, 0.6) is 0 Å².